The molecule has 5 heteroatoms. The van der Waals surface area contributed by atoms with Crippen molar-refractivity contribution in [1.29, 1.82) is 0 Å². The van der Waals surface area contributed by atoms with E-state index < -0.39 is 5.54 Å². The number of fused-ring (bicyclic) bond motifs is 2. The Morgan fingerprint density at radius 1 is 1.00 bits per heavy atom. The summed E-state index contributed by atoms with van der Waals surface area (Å²) in [5.41, 5.74) is 4.43. The van der Waals surface area contributed by atoms with Crippen LogP contribution in [0.2, 0.25) is 0 Å². The van der Waals surface area contributed by atoms with E-state index in [-0.39, 0.29) is 11.9 Å². The molecule has 0 aliphatic carbocycles. The highest BCUT2D eigenvalue weighted by atomic mass is 16.2. The molecule has 3 aromatic carbocycles. The third-order valence-corrected chi connectivity index (χ3v) is 6.70. The van der Waals surface area contributed by atoms with E-state index in [0.717, 1.165) is 38.5 Å². The van der Waals surface area contributed by atoms with Crippen LogP contribution in [0.1, 0.15) is 36.6 Å². The Morgan fingerprint density at radius 3 is 2.60 bits per heavy atom. The maximum absolute atomic E-state index is 13.7. The summed E-state index contributed by atoms with van der Waals surface area (Å²) < 4.78 is 0. The molecular weight excluding hydrogens is 432 g/mol. The number of nitrogens with one attached hydrogen (secondary N) is 3. The Bertz CT molecular complexity index is 1460. The number of pyridine rings is 1. The van der Waals surface area contributed by atoms with E-state index in [1.807, 2.05) is 86.9 Å². The molecule has 0 aliphatic heterocycles. The van der Waals surface area contributed by atoms with Gasteiger partial charge in [0.15, 0.2) is 0 Å². The van der Waals surface area contributed by atoms with E-state index in [1.54, 1.807) is 0 Å². The van der Waals surface area contributed by atoms with Gasteiger partial charge in [-0.3, -0.25) is 15.1 Å². The van der Waals surface area contributed by atoms with Crippen LogP contribution in [-0.2, 0) is 17.8 Å². The highest BCUT2D eigenvalue weighted by Gasteiger charge is 2.34. The molecule has 5 rings (SSSR count). The summed E-state index contributed by atoms with van der Waals surface area (Å²) in [6.07, 6.45) is 4.44. The fraction of sp³-hybridized carbons (Fsp3) is 0.200. The summed E-state index contributed by atoms with van der Waals surface area (Å²) in [7, 11) is 0. The average Bonchev–Trinajstić information content (AvgIpc) is 3.30. The second kappa shape index (κ2) is 9.72. The van der Waals surface area contributed by atoms with Gasteiger partial charge in [-0.25, -0.2) is 0 Å². The number of nitrogens with zero attached hydrogens (tertiary/aromatic N) is 1. The van der Waals surface area contributed by atoms with Gasteiger partial charge in [0.1, 0.15) is 0 Å². The number of amides is 1. The fourth-order valence-corrected chi connectivity index (χ4v) is 4.57. The van der Waals surface area contributed by atoms with Crippen molar-refractivity contribution in [3.8, 4) is 0 Å². The quantitative estimate of drug-likeness (QED) is 0.278. The molecule has 0 fully saturated rings. The maximum atomic E-state index is 13.7. The van der Waals surface area contributed by atoms with Gasteiger partial charge in [-0.05, 0) is 48.7 Å². The average molecular weight is 463 g/mol. The molecule has 0 spiro atoms. The standard InChI is InChI=1S/C30H30N4O/c1-21(23-10-4-3-5-11-23)34-29(35)30(2,17-25-20-32-28-15-9-7-13-26(25)28)33-19-22-16-24-12-6-8-14-27(24)31-18-22/h3-16,18,20-21,32-33H,17,19H2,1-2H3,(H,34,35). The van der Waals surface area contributed by atoms with Gasteiger partial charge >= 0.3 is 0 Å². The van der Waals surface area contributed by atoms with Crippen molar-refractivity contribution in [2.24, 2.45) is 0 Å². The van der Waals surface area contributed by atoms with Crippen LogP contribution < -0.4 is 10.6 Å². The summed E-state index contributed by atoms with van der Waals surface area (Å²) in [4.78, 5) is 21.7. The van der Waals surface area contributed by atoms with Crippen molar-refractivity contribution < 1.29 is 4.79 Å². The number of aromatic nitrogens is 2. The Kier molecular flexibility index (Phi) is 6.34. The summed E-state index contributed by atoms with van der Waals surface area (Å²) in [6.45, 7) is 4.53. The van der Waals surface area contributed by atoms with Crippen LogP contribution in [0.4, 0.5) is 0 Å². The molecule has 2 heterocycles. The van der Waals surface area contributed by atoms with Crippen LogP contribution in [0.5, 0.6) is 0 Å². The number of carbonyl (C=O) groups excluding carboxylic acids is 1. The van der Waals surface area contributed by atoms with Crippen LogP contribution in [0, 0.1) is 0 Å². The molecule has 176 valence electrons. The summed E-state index contributed by atoms with van der Waals surface area (Å²) in [5.74, 6) is -0.0344. The lowest BCUT2D eigenvalue weighted by Crippen LogP contribution is -2.56. The minimum atomic E-state index is -0.834. The predicted octanol–water partition coefficient (Wildman–Crippen LogP) is 5.68. The van der Waals surface area contributed by atoms with Gasteiger partial charge in [0.2, 0.25) is 5.91 Å². The first-order chi connectivity index (χ1) is 17.0. The van der Waals surface area contributed by atoms with Crippen molar-refractivity contribution in [2.45, 2.75) is 38.4 Å². The molecule has 0 radical (unpaired) electrons. The molecule has 0 saturated carbocycles. The largest absolute Gasteiger partial charge is 0.361 e. The first-order valence-electron chi connectivity index (χ1n) is 12.0. The van der Waals surface area contributed by atoms with Crippen molar-refractivity contribution in [1.82, 2.24) is 20.6 Å². The van der Waals surface area contributed by atoms with E-state index in [1.165, 1.54) is 0 Å². The SMILES string of the molecule is CC(NC(=O)C(C)(Cc1c[nH]c2ccccc12)NCc1cnc2ccccc2c1)c1ccccc1. The summed E-state index contributed by atoms with van der Waals surface area (Å²) in [6, 6.07) is 28.3. The minimum absolute atomic E-state index is 0.0344. The summed E-state index contributed by atoms with van der Waals surface area (Å²) >= 11 is 0. The Labute approximate surface area is 205 Å². The van der Waals surface area contributed by atoms with Gasteiger partial charge in [-0.1, -0.05) is 66.7 Å². The molecule has 0 aliphatic rings. The first-order valence-corrected chi connectivity index (χ1v) is 12.0. The Morgan fingerprint density at radius 2 is 1.74 bits per heavy atom. The Hall–Kier alpha value is -3.96. The number of hydrogen-bond donors (Lipinski definition) is 3. The number of benzene rings is 3. The van der Waals surface area contributed by atoms with Crippen LogP contribution in [0.3, 0.4) is 0 Å². The van der Waals surface area contributed by atoms with E-state index in [0.29, 0.717) is 13.0 Å². The minimum Gasteiger partial charge on any atom is -0.361 e. The number of aromatic amines is 1. The summed E-state index contributed by atoms with van der Waals surface area (Å²) in [5, 5.41) is 9.03. The van der Waals surface area contributed by atoms with E-state index in [2.05, 4.69) is 44.9 Å². The molecule has 2 unspecified atom stereocenters. The highest BCUT2D eigenvalue weighted by Crippen LogP contribution is 2.24. The van der Waals surface area contributed by atoms with Crippen LogP contribution in [0.15, 0.2) is 97.3 Å². The second-order valence-electron chi connectivity index (χ2n) is 9.36. The van der Waals surface area contributed by atoms with Gasteiger partial charge in [-0.2, -0.15) is 0 Å². The molecule has 2 atom stereocenters. The van der Waals surface area contributed by atoms with Crippen molar-refractivity contribution in [3.63, 3.8) is 0 Å². The molecule has 0 bridgehead atoms. The zero-order valence-corrected chi connectivity index (χ0v) is 20.1. The maximum Gasteiger partial charge on any atom is 0.240 e. The molecule has 2 aromatic heterocycles. The third kappa shape index (κ3) is 4.96. The topological polar surface area (TPSA) is 69.8 Å². The normalized spacial score (nSPS) is 14.0. The molecule has 0 saturated heterocycles. The van der Waals surface area contributed by atoms with Gasteiger partial charge < -0.3 is 10.3 Å². The number of para-hydroxylation sites is 2. The van der Waals surface area contributed by atoms with E-state index in [4.69, 9.17) is 0 Å². The van der Waals surface area contributed by atoms with Crippen molar-refractivity contribution in [3.05, 3.63) is 114 Å². The zero-order valence-electron chi connectivity index (χ0n) is 20.1. The van der Waals surface area contributed by atoms with Crippen molar-refractivity contribution >= 4 is 27.7 Å². The smallest absolute Gasteiger partial charge is 0.240 e. The third-order valence-electron chi connectivity index (χ3n) is 6.70. The zero-order chi connectivity index (χ0) is 24.3. The van der Waals surface area contributed by atoms with Crippen LogP contribution in [0.25, 0.3) is 21.8 Å². The molecule has 35 heavy (non-hydrogen) atoms. The lowest BCUT2D eigenvalue weighted by Gasteiger charge is -2.31. The Balaban J connectivity index is 1.41. The molecule has 3 N–H and O–H groups in total. The van der Waals surface area contributed by atoms with Crippen LogP contribution >= 0.6 is 0 Å². The fourth-order valence-electron chi connectivity index (χ4n) is 4.57. The molecule has 1 amide bonds. The molecule has 5 aromatic rings. The van der Waals surface area contributed by atoms with Gasteiger partial charge in [0.25, 0.3) is 0 Å². The van der Waals surface area contributed by atoms with Gasteiger partial charge in [-0.15, -0.1) is 0 Å². The van der Waals surface area contributed by atoms with E-state index >= 15 is 0 Å². The lowest BCUT2D eigenvalue weighted by molar-refractivity contribution is -0.127. The second-order valence-corrected chi connectivity index (χ2v) is 9.36. The number of H-pyrrole nitrogens is 1. The van der Waals surface area contributed by atoms with E-state index in [9.17, 15) is 4.79 Å². The first kappa shape index (κ1) is 22.8. The molecular formula is C30H30N4O. The van der Waals surface area contributed by atoms with Gasteiger partial charge in [0.05, 0.1) is 17.1 Å². The predicted molar refractivity (Wildman–Crippen MR) is 142 cm³/mol. The van der Waals surface area contributed by atoms with Crippen LogP contribution in [-0.4, -0.2) is 21.4 Å². The number of rotatable bonds is 8. The van der Waals surface area contributed by atoms with Gasteiger partial charge in [0, 0.05) is 41.6 Å². The molecule has 5 nitrogen and oxygen atoms in total. The number of hydrogen-bond acceptors (Lipinski definition) is 3. The highest BCUT2D eigenvalue weighted by molar-refractivity contribution is 5.89. The van der Waals surface area contributed by atoms with Crippen molar-refractivity contribution in [2.75, 3.05) is 0 Å². The lowest BCUT2D eigenvalue weighted by atomic mass is 9.90. The number of carbonyl (C=O) groups is 1. The monoisotopic (exact) mass is 462 g/mol.